The van der Waals surface area contributed by atoms with Crippen molar-refractivity contribution >= 4 is 28.6 Å². The molecule has 0 unspecified atom stereocenters. The molecule has 0 aliphatic carbocycles. The first-order valence-electron chi connectivity index (χ1n) is 4.87. The van der Waals surface area contributed by atoms with Crippen molar-refractivity contribution in [1.29, 1.82) is 0 Å². The Balaban J connectivity index is 2.58. The second-order valence-corrected chi connectivity index (χ2v) is 3.45. The molecule has 0 aliphatic heterocycles. The molecular formula is C9H12ClN5. The molecule has 0 fully saturated rings. The van der Waals surface area contributed by atoms with Crippen molar-refractivity contribution < 1.29 is 0 Å². The molecule has 2 aromatic rings. The Labute approximate surface area is 92.5 Å². The van der Waals surface area contributed by atoms with Crippen molar-refractivity contribution in [2.24, 2.45) is 0 Å². The van der Waals surface area contributed by atoms with Gasteiger partial charge in [-0.15, -0.1) is 0 Å². The molecule has 0 spiro atoms. The number of anilines is 1. The molecule has 2 heterocycles. The average molecular weight is 226 g/mol. The van der Waals surface area contributed by atoms with E-state index < -0.39 is 0 Å². The monoisotopic (exact) mass is 225 g/mol. The lowest BCUT2D eigenvalue weighted by molar-refractivity contribution is 0.847. The third-order valence-electron chi connectivity index (χ3n) is 2.30. The van der Waals surface area contributed by atoms with E-state index in [1.165, 1.54) is 6.33 Å². The van der Waals surface area contributed by atoms with Crippen LogP contribution < -0.4 is 4.90 Å². The highest BCUT2D eigenvalue weighted by molar-refractivity contribution is 6.29. The summed E-state index contributed by atoms with van der Waals surface area (Å²) in [6.07, 6.45) is 1.51. The molecule has 2 rings (SSSR count). The Kier molecular flexibility index (Phi) is 2.73. The Morgan fingerprint density at radius 3 is 2.73 bits per heavy atom. The van der Waals surface area contributed by atoms with Crippen LogP contribution in [0.3, 0.4) is 0 Å². The molecule has 0 aromatic carbocycles. The van der Waals surface area contributed by atoms with E-state index in [9.17, 15) is 0 Å². The summed E-state index contributed by atoms with van der Waals surface area (Å²) in [6.45, 7) is 5.93. The van der Waals surface area contributed by atoms with Gasteiger partial charge in [-0.1, -0.05) is 0 Å². The maximum atomic E-state index is 5.79. The number of halogens is 1. The van der Waals surface area contributed by atoms with Crippen molar-refractivity contribution in [1.82, 2.24) is 19.9 Å². The van der Waals surface area contributed by atoms with E-state index in [-0.39, 0.29) is 0 Å². The molecule has 0 bridgehead atoms. The van der Waals surface area contributed by atoms with E-state index >= 15 is 0 Å². The smallest absolute Gasteiger partial charge is 0.202 e. The van der Waals surface area contributed by atoms with E-state index in [0.717, 1.165) is 24.4 Å². The predicted octanol–water partition coefficient (Wildman–Crippen LogP) is 1.85. The number of imidazole rings is 1. The van der Waals surface area contributed by atoms with Crippen molar-refractivity contribution in [3.05, 3.63) is 11.6 Å². The number of nitrogens with one attached hydrogen (secondary N) is 1. The third kappa shape index (κ3) is 1.74. The summed E-state index contributed by atoms with van der Waals surface area (Å²) in [4.78, 5) is 17.4. The van der Waals surface area contributed by atoms with Crippen LogP contribution in [-0.2, 0) is 0 Å². The summed E-state index contributed by atoms with van der Waals surface area (Å²) >= 11 is 5.79. The van der Waals surface area contributed by atoms with E-state index in [0.29, 0.717) is 10.9 Å². The second kappa shape index (κ2) is 4.02. The number of hydrogen-bond donors (Lipinski definition) is 1. The first kappa shape index (κ1) is 10.2. The minimum absolute atomic E-state index is 0.346. The summed E-state index contributed by atoms with van der Waals surface area (Å²) in [7, 11) is 0. The summed E-state index contributed by atoms with van der Waals surface area (Å²) in [5, 5.41) is 0.346. The van der Waals surface area contributed by atoms with Crippen LogP contribution in [0.25, 0.3) is 11.2 Å². The second-order valence-electron chi connectivity index (χ2n) is 3.10. The van der Waals surface area contributed by atoms with Crippen LogP contribution in [0.5, 0.6) is 0 Å². The molecule has 15 heavy (non-hydrogen) atoms. The lowest BCUT2D eigenvalue weighted by Gasteiger charge is -2.19. The topological polar surface area (TPSA) is 57.7 Å². The Hall–Kier alpha value is -1.36. The molecule has 5 nitrogen and oxygen atoms in total. The van der Waals surface area contributed by atoms with Gasteiger partial charge in [-0.3, -0.25) is 0 Å². The summed E-state index contributed by atoms with van der Waals surface area (Å²) in [6, 6.07) is 0. The summed E-state index contributed by atoms with van der Waals surface area (Å²) in [5.41, 5.74) is 1.41. The van der Waals surface area contributed by atoms with Gasteiger partial charge in [0.05, 0.1) is 0 Å². The zero-order chi connectivity index (χ0) is 10.8. The maximum Gasteiger partial charge on any atom is 0.202 e. The normalized spacial score (nSPS) is 10.9. The fourth-order valence-electron chi connectivity index (χ4n) is 1.55. The SMILES string of the molecule is CCN(CC)c1ncnc2nc(Cl)[nH]c12. The van der Waals surface area contributed by atoms with Gasteiger partial charge in [-0.2, -0.15) is 4.98 Å². The van der Waals surface area contributed by atoms with Crippen molar-refractivity contribution in [3.63, 3.8) is 0 Å². The van der Waals surface area contributed by atoms with Gasteiger partial charge >= 0.3 is 0 Å². The zero-order valence-electron chi connectivity index (χ0n) is 8.66. The Bertz CT molecular complexity index is 462. The fourth-order valence-corrected chi connectivity index (χ4v) is 1.73. The first-order valence-corrected chi connectivity index (χ1v) is 5.25. The number of nitrogens with zero attached hydrogens (tertiary/aromatic N) is 4. The summed E-state index contributed by atoms with van der Waals surface area (Å²) in [5.74, 6) is 0.851. The highest BCUT2D eigenvalue weighted by Crippen LogP contribution is 2.21. The third-order valence-corrected chi connectivity index (χ3v) is 2.48. The fraction of sp³-hybridized carbons (Fsp3) is 0.444. The number of fused-ring (bicyclic) bond motifs is 1. The van der Waals surface area contributed by atoms with Gasteiger partial charge in [-0.05, 0) is 25.4 Å². The number of aromatic nitrogens is 4. The molecule has 0 saturated heterocycles. The lowest BCUT2D eigenvalue weighted by Crippen LogP contribution is -2.23. The van der Waals surface area contributed by atoms with Crippen LogP contribution in [0.15, 0.2) is 6.33 Å². The number of rotatable bonds is 3. The molecule has 0 radical (unpaired) electrons. The van der Waals surface area contributed by atoms with Gasteiger partial charge in [0.1, 0.15) is 11.8 Å². The largest absolute Gasteiger partial charge is 0.355 e. The molecule has 0 aliphatic rings. The van der Waals surface area contributed by atoms with Gasteiger partial charge in [0.2, 0.25) is 5.28 Å². The van der Waals surface area contributed by atoms with E-state index in [2.05, 4.69) is 38.7 Å². The number of aromatic amines is 1. The Morgan fingerprint density at radius 1 is 1.33 bits per heavy atom. The molecule has 0 atom stereocenters. The van der Waals surface area contributed by atoms with Gasteiger partial charge in [0.15, 0.2) is 11.5 Å². The van der Waals surface area contributed by atoms with Crippen molar-refractivity contribution in [3.8, 4) is 0 Å². The van der Waals surface area contributed by atoms with E-state index in [4.69, 9.17) is 11.6 Å². The van der Waals surface area contributed by atoms with Gasteiger partial charge in [-0.25, -0.2) is 9.97 Å². The average Bonchev–Trinajstić information content (AvgIpc) is 2.61. The van der Waals surface area contributed by atoms with Crippen LogP contribution >= 0.6 is 11.6 Å². The van der Waals surface area contributed by atoms with Crippen LogP contribution in [0.4, 0.5) is 5.82 Å². The molecule has 2 aromatic heterocycles. The van der Waals surface area contributed by atoms with Crippen LogP contribution in [0.2, 0.25) is 5.28 Å². The molecule has 1 N–H and O–H groups in total. The lowest BCUT2D eigenvalue weighted by atomic mass is 10.4. The minimum atomic E-state index is 0.346. The van der Waals surface area contributed by atoms with Crippen LogP contribution in [-0.4, -0.2) is 33.0 Å². The zero-order valence-corrected chi connectivity index (χ0v) is 9.41. The summed E-state index contributed by atoms with van der Waals surface area (Å²) < 4.78 is 0. The quantitative estimate of drug-likeness (QED) is 0.810. The molecule has 6 heteroatoms. The van der Waals surface area contributed by atoms with Crippen LogP contribution in [0, 0.1) is 0 Å². The standard InChI is InChI=1S/C9H12ClN5/c1-3-15(4-2)8-6-7(11-5-12-8)14-9(10)13-6/h5H,3-4H2,1-2H3,(H,11,12,13,14). The van der Waals surface area contributed by atoms with Crippen molar-refractivity contribution in [2.45, 2.75) is 13.8 Å². The molecule has 0 amide bonds. The van der Waals surface area contributed by atoms with Gasteiger partial charge < -0.3 is 9.88 Å². The number of H-pyrrole nitrogens is 1. The van der Waals surface area contributed by atoms with Crippen molar-refractivity contribution in [2.75, 3.05) is 18.0 Å². The Morgan fingerprint density at radius 2 is 2.07 bits per heavy atom. The molecule has 0 saturated carbocycles. The van der Waals surface area contributed by atoms with Crippen LogP contribution in [0.1, 0.15) is 13.8 Å². The van der Waals surface area contributed by atoms with Gasteiger partial charge in [0, 0.05) is 13.1 Å². The van der Waals surface area contributed by atoms with Gasteiger partial charge in [0.25, 0.3) is 0 Å². The number of hydrogen-bond acceptors (Lipinski definition) is 4. The highest BCUT2D eigenvalue weighted by atomic mass is 35.5. The van der Waals surface area contributed by atoms with E-state index in [1.54, 1.807) is 0 Å². The highest BCUT2D eigenvalue weighted by Gasteiger charge is 2.12. The molecule has 80 valence electrons. The first-order chi connectivity index (χ1) is 7.26. The minimum Gasteiger partial charge on any atom is -0.355 e. The molecular weight excluding hydrogens is 214 g/mol. The maximum absolute atomic E-state index is 5.79. The predicted molar refractivity (Wildman–Crippen MR) is 60.3 cm³/mol. The van der Waals surface area contributed by atoms with E-state index in [1.807, 2.05) is 0 Å².